The van der Waals surface area contributed by atoms with Gasteiger partial charge >= 0.3 is 6.09 Å². The number of nitrogens with one attached hydrogen (secondary N) is 2. The monoisotopic (exact) mass is 784 g/mol. The van der Waals surface area contributed by atoms with Crippen molar-refractivity contribution >= 4 is 51.6 Å². The molecule has 5 unspecified atom stereocenters. The molecule has 5 N–H and O–H groups in total. The molecular formula is C36H39ClF2N8O8. The number of hydrogen-bond acceptors (Lipinski definition) is 13. The first-order chi connectivity index (χ1) is 26.1. The van der Waals surface area contributed by atoms with Crippen LogP contribution in [0.1, 0.15) is 45.2 Å². The largest absolute Gasteiger partial charge is 0.492 e. The van der Waals surface area contributed by atoms with Crippen molar-refractivity contribution in [2.45, 2.75) is 70.6 Å². The first-order valence-electron chi connectivity index (χ1n) is 17.0. The molecule has 16 nitrogen and oxygen atoms in total. The second kappa shape index (κ2) is 17.3. The summed E-state index contributed by atoms with van der Waals surface area (Å²) in [5.41, 5.74) is 0.833. The van der Waals surface area contributed by atoms with Gasteiger partial charge in [0.1, 0.15) is 47.2 Å². The highest BCUT2D eigenvalue weighted by molar-refractivity contribution is 6.31. The van der Waals surface area contributed by atoms with Gasteiger partial charge in [-0.25, -0.2) is 18.3 Å². The number of fused-ring (bicyclic) bond motifs is 1. The van der Waals surface area contributed by atoms with Crippen molar-refractivity contribution in [3.05, 3.63) is 77.0 Å². The number of carbonyl (C=O) groups excluding carboxylic acids is 2. The molecule has 0 radical (unpaired) electrons. The Labute approximate surface area is 318 Å². The Morgan fingerprint density at radius 3 is 2.65 bits per heavy atom. The van der Waals surface area contributed by atoms with E-state index in [1.807, 2.05) is 0 Å². The van der Waals surface area contributed by atoms with E-state index in [9.17, 15) is 39.0 Å². The van der Waals surface area contributed by atoms with Crippen molar-refractivity contribution < 1.29 is 47.9 Å². The molecular weight excluding hydrogens is 746 g/mol. The lowest BCUT2D eigenvalue weighted by atomic mass is 9.99. The Hall–Kier alpha value is -5.45. The topological polar surface area (TPSA) is 217 Å². The van der Waals surface area contributed by atoms with Gasteiger partial charge in [0.25, 0.3) is 0 Å². The Kier molecular flexibility index (Phi) is 12.8. The summed E-state index contributed by atoms with van der Waals surface area (Å²) >= 11 is 5.97. The number of pyridine rings is 1. The van der Waals surface area contributed by atoms with Crippen LogP contribution in [0.5, 0.6) is 5.75 Å². The Morgan fingerprint density at radius 1 is 1.22 bits per heavy atom. The van der Waals surface area contributed by atoms with Crippen LogP contribution in [-0.4, -0.2) is 102 Å². The predicted molar refractivity (Wildman–Crippen MR) is 195 cm³/mol. The number of aliphatic hydroxyl groups is 3. The number of amides is 2. The number of nitrogens with zero attached hydrogens (tertiary/aromatic N) is 6. The van der Waals surface area contributed by atoms with Crippen LogP contribution in [0, 0.1) is 17.1 Å². The van der Waals surface area contributed by atoms with E-state index in [0.717, 1.165) is 4.68 Å². The maximum absolute atomic E-state index is 14.9. The summed E-state index contributed by atoms with van der Waals surface area (Å²) in [6, 6.07) is 9.24. The van der Waals surface area contributed by atoms with E-state index in [4.69, 9.17) is 25.8 Å². The fourth-order valence-electron chi connectivity index (χ4n) is 5.50. The molecule has 1 saturated heterocycles. The molecule has 3 heterocycles. The summed E-state index contributed by atoms with van der Waals surface area (Å²) in [6.07, 6.45) is -3.96. The van der Waals surface area contributed by atoms with Gasteiger partial charge in [0, 0.05) is 36.0 Å². The summed E-state index contributed by atoms with van der Waals surface area (Å²) < 4.78 is 46.4. The van der Waals surface area contributed by atoms with Gasteiger partial charge in [0.05, 0.1) is 53.4 Å². The Bertz CT molecular complexity index is 2100. The van der Waals surface area contributed by atoms with E-state index >= 15 is 0 Å². The molecule has 5 atom stereocenters. The molecule has 1 aliphatic heterocycles. The number of nitriles is 1. The molecule has 5 rings (SSSR count). The van der Waals surface area contributed by atoms with Crippen LogP contribution in [0.2, 0.25) is 5.02 Å². The van der Waals surface area contributed by atoms with E-state index < -0.39 is 60.7 Å². The predicted octanol–water partition coefficient (Wildman–Crippen LogP) is 4.51. The van der Waals surface area contributed by atoms with Gasteiger partial charge in [-0.05, 0) is 52.0 Å². The lowest BCUT2D eigenvalue weighted by molar-refractivity contribution is -0.237. The fraction of sp³-hybridized carbons (Fsp3) is 0.389. The highest BCUT2D eigenvalue weighted by Crippen LogP contribution is 2.37. The SMILES string of the molecule is CCOc1cc2ncc(C#N)c(Nc3ccc(F)c(Cl)c3)c2cc1NC(=O)C=CCN(Cc1cn(C2OC(CO)C(O)C(O)C2F)nn1)C(=O)OC(C)(C)C. The van der Waals surface area contributed by atoms with Crippen molar-refractivity contribution in [3.8, 4) is 11.8 Å². The Morgan fingerprint density at radius 2 is 1.98 bits per heavy atom. The number of alkyl halides is 1. The second-order valence-corrected chi connectivity index (χ2v) is 13.7. The van der Waals surface area contributed by atoms with E-state index in [0.29, 0.717) is 22.3 Å². The zero-order valence-electron chi connectivity index (χ0n) is 30.1. The van der Waals surface area contributed by atoms with E-state index in [-0.39, 0.29) is 47.4 Å². The summed E-state index contributed by atoms with van der Waals surface area (Å²) in [5.74, 6) is -0.939. The minimum atomic E-state index is -2.11. The minimum Gasteiger partial charge on any atom is -0.492 e. The maximum Gasteiger partial charge on any atom is 0.410 e. The van der Waals surface area contributed by atoms with Gasteiger partial charge in [-0.1, -0.05) is 22.9 Å². The summed E-state index contributed by atoms with van der Waals surface area (Å²) in [5, 5.41) is 53.4. The van der Waals surface area contributed by atoms with Gasteiger partial charge in [-0.2, -0.15) is 5.26 Å². The normalized spacial score (nSPS) is 19.9. The molecule has 4 aromatic rings. The lowest BCUT2D eigenvalue weighted by Crippen LogP contribution is -2.55. The number of benzene rings is 2. The van der Waals surface area contributed by atoms with Crippen molar-refractivity contribution in [2.24, 2.45) is 0 Å². The first kappa shape index (κ1) is 40.7. The number of halogens is 3. The number of aromatic nitrogens is 4. The number of aliphatic hydroxyl groups excluding tert-OH is 3. The molecule has 0 spiro atoms. The molecule has 292 valence electrons. The molecule has 0 bridgehead atoms. The van der Waals surface area contributed by atoms with E-state index in [1.54, 1.807) is 39.8 Å². The summed E-state index contributed by atoms with van der Waals surface area (Å²) in [6.45, 7) is 5.98. The van der Waals surface area contributed by atoms with Gasteiger partial charge in [-0.3, -0.25) is 14.7 Å². The molecule has 55 heavy (non-hydrogen) atoms. The molecule has 1 fully saturated rings. The third-order valence-electron chi connectivity index (χ3n) is 8.08. The van der Waals surface area contributed by atoms with Crippen molar-refractivity contribution in [1.29, 1.82) is 5.26 Å². The van der Waals surface area contributed by atoms with Crippen LogP contribution < -0.4 is 15.4 Å². The van der Waals surface area contributed by atoms with Crippen LogP contribution in [0.25, 0.3) is 10.9 Å². The van der Waals surface area contributed by atoms with Crippen LogP contribution in [0.3, 0.4) is 0 Å². The number of rotatable bonds is 12. The zero-order valence-corrected chi connectivity index (χ0v) is 30.9. The average molecular weight is 785 g/mol. The zero-order chi connectivity index (χ0) is 40.0. The van der Waals surface area contributed by atoms with Gasteiger partial charge in [-0.15, -0.1) is 5.10 Å². The number of hydrogen-bond donors (Lipinski definition) is 5. The Balaban J connectivity index is 1.36. The fourth-order valence-corrected chi connectivity index (χ4v) is 5.68. The molecule has 2 amide bonds. The van der Waals surface area contributed by atoms with Gasteiger partial charge < -0.3 is 40.2 Å². The molecule has 19 heteroatoms. The van der Waals surface area contributed by atoms with E-state index in [1.165, 1.54) is 47.6 Å². The third kappa shape index (κ3) is 9.81. The highest BCUT2D eigenvalue weighted by atomic mass is 35.5. The van der Waals surface area contributed by atoms with Crippen LogP contribution in [0.15, 0.2) is 54.9 Å². The smallest absolute Gasteiger partial charge is 0.410 e. The van der Waals surface area contributed by atoms with Gasteiger partial charge in [0.15, 0.2) is 12.4 Å². The average Bonchev–Trinajstić information content (AvgIpc) is 3.60. The molecule has 0 saturated carbocycles. The van der Waals surface area contributed by atoms with Crippen molar-refractivity contribution in [2.75, 3.05) is 30.4 Å². The van der Waals surface area contributed by atoms with Crippen LogP contribution in [0.4, 0.5) is 30.6 Å². The number of anilines is 3. The molecule has 2 aromatic carbocycles. The second-order valence-electron chi connectivity index (χ2n) is 13.3. The summed E-state index contributed by atoms with van der Waals surface area (Å²) in [4.78, 5) is 32.1. The summed E-state index contributed by atoms with van der Waals surface area (Å²) in [7, 11) is 0. The first-order valence-corrected chi connectivity index (χ1v) is 17.3. The molecule has 1 aliphatic rings. The van der Waals surface area contributed by atoms with Crippen molar-refractivity contribution in [1.82, 2.24) is 24.9 Å². The van der Waals surface area contributed by atoms with E-state index in [2.05, 4.69) is 32.0 Å². The quantitative estimate of drug-likeness (QED) is 0.125. The maximum atomic E-state index is 14.9. The van der Waals surface area contributed by atoms with Crippen LogP contribution in [-0.2, 0) is 20.8 Å². The number of ether oxygens (including phenoxy) is 3. The van der Waals surface area contributed by atoms with Gasteiger partial charge in [0.2, 0.25) is 5.91 Å². The minimum absolute atomic E-state index is 0.125. The number of carbonyl (C=O) groups is 2. The molecule has 0 aliphatic carbocycles. The standard InChI is InChI=1S/C36H39ClF2N8O8/c1-5-53-27-13-25-22(31(19(14-40)15-41-25)42-20-8-9-24(38)23(37)11-20)12-26(27)43-29(49)7-6-10-46(35(52)55-36(2,3)4)16-21-17-47(45-44-21)34-30(39)33(51)32(50)28(18-48)54-34/h6-9,11-13,15,17,28,30,32-34,48,50-51H,5,10,16,18H2,1-4H3,(H,41,42)(H,43,49). The molecule has 2 aromatic heterocycles. The lowest BCUT2D eigenvalue weighted by Gasteiger charge is -2.38. The van der Waals surface area contributed by atoms with Crippen LogP contribution >= 0.6 is 11.6 Å². The third-order valence-corrected chi connectivity index (χ3v) is 8.37. The van der Waals surface area contributed by atoms with Crippen molar-refractivity contribution in [3.63, 3.8) is 0 Å². The highest BCUT2D eigenvalue weighted by Gasteiger charge is 2.46.